The van der Waals surface area contributed by atoms with Crippen LogP contribution in [0.4, 0.5) is 4.39 Å². The van der Waals surface area contributed by atoms with E-state index in [0.29, 0.717) is 11.4 Å². The number of rotatable bonds is 6. The predicted molar refractivity (Wildman–Crippen MR) is 65.8 cm³/mol. The van der Waals surface area contributed by atoms with E-state index in [0.717, 1.165) is 24.8 Å². The highest BCUT2D eigenvalue weighted by molar-refractivity contribution is 6.31. The summed E-state index contributed by atoms with van der Waals surface area (Å²) in [4.78, 5) is 0. The average molecular weight is 245 g/mol. The highest BCUT2D eigenvalue weighted by atomic mass is 35.5. The van der Waals surface area contributed by atoms with Crippen molar-refractivity contribution >= 4 is 11.6 Å². The first kappa shape index (κ1) is 13.4. The van der Waals surface area contributed by atoms with E-state index >= 15 is 0 Å². The Morgan fingerprint density at radius 2 is 2.25 bits per heavy atom. The molecule has 1 atom stereocenters. The van der Waals surface area contributed by atoms with Gasteiger partial charge in [-0.3, -0.25) is 11.3 Å². The van der Waals surface area contributed by atoms with Gasteiger partial charge in [0.2, 0.25) is 0 Å². The molecule has 0 spiro atoms. The lowest BCUT2D eigenvalue weighted by molar-refractivity contribution is 0.472. The van der Waals surface area contributed by atoms with Gasteiger partial charge in [-0.2, -0.15) is 0 Å². The van der Waals surface area contributed by atoms with Crippen LogP contribution in [0.2, 0.25) is 5.02 Å². The van der Waals surface area contributed by atoms with Crippen molar-refractivity contribution in [3.8, 4) is 0 Å². The SMILES string of the molecule is CCCCC(Cc1cc(F)ccc1Cl)NN. The molecule has 1 rings (SSSR count). The molecule has 0 amide bonds. The molecule has 16 heavy (non-hydrogen) atoms. The molecule has 1 aromatic rings. The summed E-state index contributed by atoms with van der Waals surface area (Å²) in [5, 5.41) is 0.596. The number of unbranched alkanes of at least 4 members (excludes halogenated alkanes) is 1. The molecule has 0 heterocycles. The first-order valence-corrected chi connectivity index (χ1v) is 5.95. The number of nitrogens with two attached hydrogens (primary N) is 1. The molecule has 4 heteroatoms. The van der Waals surface area contributed by atoms with E-state index in [2.05, 4.69) is 12.3 Å². The molecule has 0 aliphatic heterocycles. The maximum absolute atomic E-state index is 13.0. The molecule has 3 N–H and O–H groups in total. The van der Waals surface area contributed by atoms with Crippen LogP contribution in [0, 0.1) is 5.82 Å². The Morgan fingerprint density at radius 3 is 2.88 bits per heavy atom. The van der Waals surface area contributed by atoms with Crippen LogP contribution in [0.1, 0.15) is 31.7 Å². The number of hydrogen-bond acceptors (Lipinski definition) is 2. The van der Waals surface area contributed by atoms with Gasteiger partial charge in [0, 0.05) is 11.1 Å². The number of benzene rings is 1. The van der Waals surface area contributed by atoms with Gasteiger partial charge in [0.15, 0.2) is 0 Å². The van der Waals surface area contributed by atoms with Crippen LogP contribution in [-0.4, -0.2) is 6.04 Å². The first-order chi connectivity index (χ1) is 7.67. The van der Waals surface area contributed by atoms with Gasteiger partial charge in [-0.25, -0.2) is 4.39 Å². The summed E-state index contributed by atoms with van der Waals surface area (Å²) in [6.07, 6.45) is 3.85. The van der Waals surface area contributed by atoms with Gasteiger partial charge in [0.25, 0.3) is 0 Å². The fourth-order valence-electron chi connectivity index (χ4n) is 1.66. The van der Waals surface area contributed by atoms with Crippen molar-refractivity contribution in [1.82, 2.24) is 5.43 Å². The third kappa shape index (κ3) is 4.08. The minimum Gasteiger partial charge on any atom is -0.271 e. The van der Waals surface area contributed by atoms with Gasteiger partial charge in [0.05, 0.1) is 0 Å². The van der Waals surface area contributed by atoms with E-state index in [1.165, 1.54) is 12.1 Å². The van der Waals surface area contributed by atoms with Gasteiger partial charge in [-0.15, -0.1) is 0 Å². The van der Waals surface area contributed by atoms with E-state index in [1.807, 2.05) is 0 Å². The van der Waals surface area contributed by atoms with Crippen molar-refractivity contribution in [2.24, 2.45) is 5.84 Å². The normalized spacial score (nSPS) is 12.8. The second-order valence-corrected chi connectivity index (χ2v) is 4.35. The van der Waals surface area contributed by atoms with E-state index < -0.39 is 0 Å². The summed E-state index contributed by atoms with van der Waals surface area (Å²) in [6.45, 7) is 2.13. The van der Waals surface area contributed by atoms with Crippen molar-refractivity contribution in [3.63, 3.8) is 0 Å². The standard InChI is InChI=1S/C12H18ClFN2/c1-2-3-4-11(16-15)8-9-7-10(14)5-6-12(9)13/h5-7,11,16H,2-4,8,15H2,1H3. The van der Waals surface area contributed by atoms with E-state index in [9.17, 15) is 4.39 Å². The van der Waals surface area contributed by atoms with Gasteiger partial charge in [-0.05, 0) is 36.6 Å². The largest absolute Gasteiger partial charge is 0.271 e. The Hall–Kier alpha value is -0.640. The highest BCUT2D eigenvalue weighted by Gasteiger charge is 2.10. The molecular formula is C12H18ClFN2. The molecular weight excluding hydrogens is 227 g/mol. The average Bonchev–Trinajstić information content (AvgIpc) is 2.28. The summed E-state index contributed by atoms with van der Waals surface area (Å²) in [5.74, 6) is 5.20. The van der Waals surface area contributed by atoms with Crippen molar-refractivity contribution < 1.29 is 4.39 Å². The number of hydrazine groups is 1. The summed E-state index contributed by atoms with van der Waals surface area (Å²) in [6, 6.07) is 4.57. The number of nitrogens with one attached hydrogen (secondary N) is 1. The maximum Gasteiger partial charge on any atom is 0.123 e. The zero-order chi connectivity index (χ0) is 12.0. The molecule has 2 nitrogen and oxygen atoms in total. The molecule has 0 saturated heterocycles. The van der Waals surface area contributed by atoms with Gasteiger partial charge >= 0.3 is 0 Å². The zero-order valence-electron chi connectivity index (χ0n) is 9.47. The third-order valence-corrected chi connectivity index (χ3v) is 2.98. The number of hydrogen-bond donors (Lipinski definition) is 2. The molecule has 0 aromatic heterocycles. The molecule has 0 aliphatic rings. The molecule has 0 saturated carbocycles. The van der Waals surface area contributed by atoms with Gasteiger partial charge in [-0.1, -0.05) is 31.4 Å². The van der Waals surface area contributed by atoms with Crippen LogP contribution in [0.25, 0.3) is 0 Å². The topological polar surface area (TPSA) is 38.0 Å². The monoisotopic (exact) mass is 244 g/mol. The molecule has 0 aliphatic carbocycles. The fourth-order valence-corrected chi connectivity index (χ4v) is 1.85. The first-order valence-electron chi connectivity index (χ1n) is 5.57. The van der Waals surface area contributed by atoms with Crippen LogP contribution < -0.4 is 11.3 Å². The predicted octanol–water partition coefficient (Wildman–Crippen LogP) is 3.04. The van der Waals surface area contributed by atoms with Gasteiger partial charge in [0.1, 0.15) is 5.82 Å². The molecule has 1 unspecified atom stereocenters. The Morgan fingerprint density at radius 1 is 1.50 bits per heavy atom. The van der Waals surface area contributed by atoms with Crippen molar-refractivity contribution in [1.29, 1.82) is 0 Å². The summed E-state index contributed by atoms with van der Waals surface area (Å²) < 4.78 is 13.0. The highest BCUT2D eigenvalue weighted by Crippen LogP contribution is 2.19. The summed E-state index contributed by atoms with van der Waals surface area (Å²) in [7, 11) is 0. The van der Waals surface area contributed by atoms with E-state index in [-0.39, 0.29) is 11.9 Å². The third-order valence-electron chi connectivity index (χ3n) is 2.62. The van der Waals surface area contributed by atoms with Crippen LogP contribution in [0.15, 0.2) is 18.2 Å². The molecule has 1 aromatic carbocycles. The quantitative estimate of drug-likeness (QED) is 0.596. The number of halogens is 2. The smallest absolute Gasteiger partial charge is 0.123 e. The lowest BCUT2D eigenvalue weighted by Crippen LogP contribution is -2.36. The summed E-state index contributed by atoms with van der Waals surface area (Å²) in [5.41, 5.74) is 3.56. The second-order valence-electron chi connectivity index (χ2n) is 3.95. The van der Waals surface area contributed by atoms with Crippen LogP contribution in [0.5, 0.6) is 0 Å². The lowest BCUT2D eigenvalue weighted by atomic mass is 10.0. The van der Waals surface area contributed by atoms with Crippen LogP contribution in [-0.2, 0) is 6.42 Å². The Bertz CT molecular complexity index is 331. The Kier molecular flexibility index (Phi) is 5.74. The van der Waals surface area contributed by atoms with Crippen LogP contribution in [0.3, 0.4) is 0 Å². The van der Waals surface area contributed by atoms with Crippen molar-refractivity contribution in [2.45, 2.75) is 38.6 Å². The van der Waals surface area contributed by atoms with Crippen LogP contribution >= 0.6 is 11.6 Å². The van der Waals surface area contributed by atoms with Gasteiger partial charge < -0.3 is 0 Å². The Labute approximate surface area is 101 Å². The van der Waals surface area contributed by atoms with Crippen molar-refractivity contribution in [2.75, 3.05) is 0 Å². The summed E-state index contributed by atoms with van der Waals surface area (Å²) >= 11 is 6.00. The molecule has 0 bridgehead atoms. The molecule has 0 fully saturated rings. The Balaban J connectivity index is 2.65. The minimum absolute atomic E-state index is 0.152. The maximum atomic E-state index is 13.0. The molecule has 90 valence electrons. The second kappa shape index (κ2) is 6.84. The minimum atomic E-state index is -0.259. The fraction of sp³-hybridized carbons (Fsp3) is 0.500. The van der Waals surface area contributed by atoms with Crippen molar-refractivity contribution in [3.05, 3.63) is 34.6 Å². The van der Waals surface area contributed by atoms with E-state index in [1.54, 1.807) is 6.07 Å². The zero-order valence-corrected chi connectivity index (χ0v) is 10.2. The van der Waals surface area contributed by atoms with E-state index in [4.69, 9.17) is 17.4 Å². The lowest BCUT2D eigenvalue weighted by Gasteiger charge is -2.16. The molecule has 0 radical (unpaired) electrons.